The molecule has 1 aliphatic heterocycles. The fourth-order valence-corrected chi connectivity index (χ4v) is 4.14. The van der Waals surface area contributed by atoms with Gasteiger partial charge in [0.2, 0.25) is 0 Å². The molecule has 1 aliphatic rings. The van der Waals surface area contributed by atoms with Crippen LogP contribution in [0, 0.1) is 0 Å². The monoisotopic (exact) mass is 317 g/mol. The summed E-state index contributed by atoms with van der Waals surface area (Å²) < 4.78 is 0. The molecule has 1 heterocycles. The van der Waals surface area contributed by atoms with Crippen molar-refractivity contribution < 1.29 is 0 Å². The molecule has 1 nitrogen and oxygen atoms in total. The summed E-state index contributed by atoms with van der Waals surface area (Å²) in [5.41, 5.74) is 2.70. The van der Waals surface area contributed by atoms with E-state index in [1.807, 2.05) is 0 Å². The molecule has 0 unspecified atom stereocenters. The van der Waals surface area contributed by atoms with E-state index in [1.165, 1.54) is 43.5 Å². The number of hydrogen-bond donors (Lipinski definition) is 0. The standard InChI is InChI=1S/C15H22Cl2NP/c1-12(2)13-6-7-15(19(16)17)14(10-13)11-18-8-4-3-5-9-18/h6-7,10,12H,3-5,8-9,11H2,1-2H3. The number of hydrogen-bond acceptors (Lipinski definition) is 1. The maximum atomic E-state index is 6.17. The van der Waals surface area contributed by atoms with Gasteiger partial charge in [-0.25, -0.2) is 0 Å². The Kier molecular flexibility index (Phi) is 5.96. The Morgan fingerprint density at radius 3 is 2.42 bits per heavy atom. The van der Waals surface area contributed by atoms with Crippen LogP contribution < -0.4 is 5.30 Å². The zero-order valence-corrected chi connectivity index (χ0v) is 14.1. The predicted molar refractivity (Wildman–Crippen MR) is 87.9 cm³/mol. The van der Waals surface area contributed by atoms with Crippen LogP contribution in [-0.2, 0) is 6.54 Å². The van der Waals surface area contributed by atoms with Crippen molar-refractivity contribution in [3.05, 3.63) is 29.3 Å². The molecule has 0 atom stereocenters. The van der Waals surface area contributed by atoms with Gasteiger partial charge < -0.3 is 0 Å². The molecule has 1 saturated heterocycles. The normalized spacial score (nSPS) is 17.4. The van der Waals surface area contributed by atoms with Crippen molar-refractivity contribution in [3.8, 4) is 0 Å². The van der Waals surface area contributed by atoms with Crippen LogP contribution in [0.5, 0.6) is 0 Å². The second kappa shape index (κ2) is 7.27. The molecule has 2 rings (SSSR count). The van der Waals surface area contributed by atoms with E-state index in [4.69, 9.17) is 22.5 Å². The summed E-state index contributed by atoms with van der Waals surface area (Å²) >= 11 is 12.3. The van der Waals surface area contributed by atoms with Gasteiger partial charge in [0.25, 0.3) is 0 Å². The van der Waals surface area contributed by atoms with Gasteiger partial charge in [0.05, 0.1) is 0 Å². The zero-order chi connectivity index (χ0) is 13.8. The molecule has 0 spiro atoms. The molecule has 0 N–H and O–H groups in total. The quantitative estimate of drug-likeness (QED) is 0.689. The Bertz CT molecular complexity index is 415. The summed E-state index contributed by atoms with van der Waals surface area (Å²) in [5.74, 6) is 0.547. The van der Waals surface area contributed by atoms with Crippen molar-refractivity contribution in [1.82, 2.24) is 4.90 Å². The topological polar surface area (TPSA) is 3.24 Å². The molecule has 0 radical (unpaired) electrons. The van der Waals surface area contributed by atoms with Gasteiger partial charge in [-0.1, -0.05) is 60.9 Å². The van der Waals surface area contributed by atoms with Gasteiger partial charge in [-0.15, -0.1) is 0 Å². The molecule has 106 valence electrons. The summed E-state index contributed by atoms with van der Waals surface area (Å²) in [5, 5.41) is 1.13. The van der Waals surface area contributed by atoms with Crippen LogP contribution in [0.4, 0.5) is 0 Å². The number of halogens is 2. The average molecular weight is 318 g/mol. The van der Waals surface area contributed by atoms with Crippen LogP contribution in [0.2, 0.25) is 0 Å². The molecule has 1 fully saturated rings. The lowest BCUT2D eigenvalue weighted by atomic mass is 10.00. The molecule has 0 saturated carbocycles. The number of rotatable bonds is 4. The Morgan fingerprint density at radius 1 is 1.16 bits per heavy atom. The van der Waals surface area contributed by atoms with Gasteiger partial charge in [-0.3, -0.25) is 4.90 Å². The lowest BCUT2D eigenvalue weighted by Crippen LogP contribution is -2.30. The second-order valence-electron chi connectivity index (χ2n) is 5.61. The number of benzene rings is 1. The maximum absolute atomic E-state index is 6.17. The molecule has 19 heavy (non-hydrogen) atoms. The highest BCUT2D eigenvalue weighted by molar-refractivity contribution is 8.08. The molecule has 0 amide bonds. The summed E-state index contributed by atoms with van der Waals surface area (Å²) in [6, 6.07) is 6.59. The van der Waals surface area contributed by atoms with E-state index in [0.29, 0.717) is 5.92 Å². The van der Waals surface area contributed by atoms with Crippen LogP contribution in [0.3, 0.4) is 0 Å². The van der Waals surface area contributed by atoms with Crippen molar-refractivity contribution in [2.24, 2.45) is 0 Å². The highest BCUT2D eigenvalue weighted by atomic mass is 35.9. The fourth-order valence-electron chi connectivity index (χ4n) is 2.61. The largest absolute Gasteiger partial charge is 0.299 e. The predicted octanol–water partition coefficient (Wildman–Crippen LogP) is 5.21. The molecule has 0 aromatic heterocycles. The smallest absolute Gasteiger partial charge is 0.117 e. The molecule has 1 aromatic rings. The van der Waals surface area contributed by atoms with Gasteiger partial charge in [0.15, 0.2) is 0 Å². The van der Waals surface area contributed by atoms with Crippen LogP contribution in [0.25, 0.3) is 0 Å². The highest BCUT2D eigenvalue weighted by Gasteiger charge is 2.16. The highest BCUT2D eigenvalue weighted by Crippen LogP contribution is 2.46. The van der Waals surface area contributed by atoms with Gasteiger partial charge in [0, 0.05) is 11.8 Å². The molecular weight excluding hydrogens is 296 g/mol. The summed E-state index contributed by atoms with van der Waals surface area (Å²) in [4.78, 5) is 2.53. The van der Waals surface area contributed by atoms with Gasteiger partial charge in [0.1, 0.15) is 6.63 Å². The van der Waals surface area contributed by atoms with Crippen LogP contribution in [0.15, 0.2) is 18.2 Å². The third-order valence-electron chi connectivity index (χ3n) is 3.79. The van der Waals surface area contributed by atoms with E-state index in [-0.39, 0.29) is 0 Å². The fraction of sp³-hybridized carbons (Fsp3) is 0.600. The second-order valence-corrected chi connectivity index (χ2v) is 9.11. The minimum atomic E-state index is -1.06. The van der Waals surface area contributed by atoms with Crippen LogP contribution in [0.1, 0.15) is 50.2 Å². The third kappa shape index (κ3) is 4.33. The average Bonchev–Trinajstić information content (AvgIpc) is 2.39. The lowest BCUT2D eigenvalue weighted by Gasteiger charge is -2.27. The Balaban J connectivity index is 2.21. The third-order valence-corrected chi connectivity index (χ3v) is 5.69. The summed E-state index contributed by atoms with van der Waals surface area (Å²) in [7, 11) is 0. The van der Waals surface area contributed by atoms with E-state index in [0.717, 1.165) is 11.8 Å². The molecule has 4 heteroatoms. The Morgan fingerprint density at radius 2 is 1.84 bits per heavy atom. The zero-order valence-electron chi connectivity index (χ0n) is 11.7. The van der Waals surface area contributed by atoms with Crippen molar-refractivity contribution in [2.75, 3.05) is 13.1 Å². The number of likely N-dealkylation sites (tertiary alicyclic amines) is 1. The maximum Gasteiger partial charge on any atom is 0.117 e. The van der Waals surface area contributed by atoms with E-state index in [9.17, 15) is 0 Å². The first-order valence-electron chi connectivity index (χ1n) is 7.05. The molecule has 1 aromatic carbocycles. The minimum Gasteiger partial charge on any atom is -0.299 e. The Hall–Kier alpha value is 0.190. The van der Waals surface area contributed by atoms with Gasteiger partial charge >= 0.3 is 0 Å². The van der Waals surface area contributed by atoms with Gasteiger partial charge in [-0.2, -0.15) is 0 Å². The lowest BCUT2D eigenvalue weighted by molar-refractivity contribution is 0.221. The first-order chi connectivity index (χ1) is 9.08. The van der Waals surface area contributed by atoms with Crippen molar-refractivity contribution >= 4 is 34.4 Å². The summed E-state index contributed by atoms with van der Waals surface area (Å²) in [6.07, 6.45) is 4.00. The van der Waals surface area contributed by atoms with Crippen molar-refractivity contribution in [3.63, 3.8) is 0 Å². The molecule has 0 aliphatic carbocycles. The van der Waals surface area contributed by atoms with E-state index in [1.54, 1.807) is 0 Å². The van der Waals surface area contributed by atoms with Crippen LogP contribution in [-0.4, -0.2) is 18.0 Å². The molecule has 0 bridgehead atoms. The minimum absolute atomic E-state index is 0.547. The van der Waals surface area contributed by atoms with Gasteiger partial charge in [-0.05, 0) is 43.0 Å². The number of nitrogens with zero attached hydrogens (tertiary/aromatic N) is 1. The van der Waals surface area contributed by atoms with E-state index >= 15 is 0 Å². The van der Waals surface area contributed by atoms with E-state index in [2.05, 4.69) is 36.9 Å². The SMILES string of the molecule is CC(C)c1ccc(P(Cl)Cl)c(CN2CCCCC2)c1. The first kappa shape index (κ1) is 15.6. The molecular formula is C15H22Cl2NP. The Labute approximate surface area is 127 Å². The number of piperidine rings is 1. The first-order valence-corrected chi connectivity index (χ1v) is 10.2. The van der Waals surface area contributed by atoms with Crippen LogP contribution >= 0.6 is 29.1 Å². The summed E-state index contributed by atoms with van der Waals surface area (Å²) in [6.45, 7) is 6.79. The van der Waals surface area contributed by atoms with Crippen molar-refractivity contribution in [1.29, 1.82) is 0 Å². The van der Waals surface area contributed by atoms with Crippen molar-refractivity contribution in [2.45, 2.75) is 45.6 Å². The van der Waals surface area contributed by atoms with E-state index < -0.39 is 6.63 Å².